The van der Waals surface area contributed by atoms with Gasteiger partial charge in [0.1, 0.15) is 17.4 Å². The first-order valence-electron chi connectivity index (χ1n) is 7.14. The Balaban J connectivity index is 2.81. The van der Waals surface area contributed by atoms with E-state index in [4.69, 9.17) is 10.00 Å². The Morgan fingerprint density at radius 1 is 1.36 bits per heavy atom. The van der Waals surface area contributed by atoms with E-state index in [1.165, 1.54) is 32.2 Å². The maximum Gasteiger partial charge on any atom is 0.334 e. The molecule has 25 heavy (non-hydrogen) atoms. The van der Waals surface area contributed by atoms with E-state index in [0.29, 0.717) is 0 Å². The van der Waals surface area contributed by atoms with Crippen molar-refractivity contribution in [2.75, 3.05) is 7.11 Å². The maximum atomic E-state index is 11.8. The molecule has 2 N–H and O–H groups in total. The molecule has 0 saturated heterocycles. The third kappa shape index (κ3) is 3.12. The summed E-state index contributed by atoms with van der Waals surface area (Å²) in [5.41, 5.74) is -0.129. The number of hydrogen-bond donors (Lipinski definition) is 2. The molecule has 2 unspecified atom stereocenters. The molecule has 0 amide bonds. The molecule has 0 bridgehead atoms. The number of ether oxygens (including phenoxy) is 1. The zero-order chi connectivity index (χ0) is 18.7. The van der Waals surface area contributed by atoms with Crippen LogP contribution in [0.1, 0.15) is 24.0 Å². The van der Waals surface area contributed by atoms with Gasteiger partial charge in [0.2, 0.25) is 0 Å². The van der Waals surface area contributed by atoms with Crippen molar-refractivity contribution in [2.45, 2.75) is 12.8 Å². The molecule has 1 heterocycles. The van der Waals surface area contributed by atoms with Crippen LogP contribution in [0.25, 0.3) is 0 Å². The van der Waals surface area contributed by atoms with Crippen molar-refractivity contribution in [1.29, 1.82) is 5.26 Å². The number of aliphatic carboxylic acids is 2. The molecule has 1 aliphatic heterocycles. The Bertz CT molecular complexity index is 862. The molecule has 0 aromatic heterocycles. The number of nitriles is 1. The van der Waals surface area contributed by atoms with Crippen LogP contribution in [-0.4, -0.2) is 41.3 Å². The van der Waals surface area contributed by atoms with Crippen LogP contribution in [0.3, 0.4) is 0 Å². The summed E-state index contributed by atoms with van der Waals surface area (Å²) in [6.07, 6.45) is 0.286. The van der Waals surface area contributed by atoms with Crippen molar-refractivity contribution >= 4 is 23.9 Å². The predicted octanol–water partition coefficient (Wildman–Crippen LogP) is 1.36. The molecule has 8 nitrogen and oxygen atoms in total. The van der Waals surface area contributed by atoms with E-state index < -0.39 is 29.3 Å². The number of methoxy groups -OCH3 is 1. The molecule has 1 aromatic rings. The Morgan fingerprint density at radius 2 is 2.04 bits per heavy atom. The Hall–Kier alpha value is -3.47. The highest BCUT2D eigenvalue weighted by atomic mass is 16.5. The summed E-state index contributed by atoms with van der Waals surface area (Å²) in [6.45, 7) is 1.42. The Labute approximate surface area is 142 Å². The van der Waals surface area contributed by atoms with Gasteiger partial charge in [-0.25, -0.2) is 4.79 Å². The van der Waals surface area contributed by atoms with Crippen molar-refractivity contribution in [3.8, 4) is 11.8 Å². The van der Waals surface area contributed by atoms with Crippen LogP contribution in [0.4, 0.5) is 0 Å². The SMILES string of the molecule is COc1cc(C#N)ccc1C1C(C(=O)O)=C(C=O)N=C(C)C1C(=O)O. The average Bonchev–Trinajstić information content (AvgIpc) is 2.59. The van der Waals surface area contributed by atoms with Crippen molar-refractivity contribution < 1.29 is 29.3 Å². The van der Waals surface area contributed by atoms with Crippen LogP contribution >= 0.6 is 0 Å². The first-order valence-corrected chi connectivity index (χ1v) is 7.14. The minimum absolute atomic E-state index is 0.107. The van der Waals surface area contributed by atoms with Gasteiger partial charge in [0.25, 0.3) is 0 Å². The topological polar surface area (TPSA) is 137 Å². The smallest absolute Gasteiger partial charge is 0.334 e. The standard InChI is InChI=1S/C17H14N2O6/c1-8-13(16(21)22)14(15(17(23)24)11(7-20)19-8)10-4-3-9(6-18)5-12(10)25-2/h3-5,7,13-14H,1-2H3,(H,21,22)(H,23,24). The molecule has 2 atom stereocenters. The molecule has 1 aliphatic rings. The minimum atomic E-state index is -1.44. The van der Waals surface area contributed by atoms with Crippen LogP contribution in [0.15, 0.2) is 34.5 Å². The van der Waals surface area contributed by atoms with Crippen LogP contribution in [-0.2, 0) is 14.4 Å². The molecular formula is C17H14N2O6. The van der Waals surface area contributed by atoms with Crippen molar-refractivity contribution in [2.24, 2.45) is 10.9 Å². The van der Waals surface area contributed by atoms with Gasteiger partial charge in [-0.05, 0) is 19.1 Å². The van der Waals surface area contributed by atoms with Crippen molar-refractivity contribution in [3.05, 3.63) is 40.6 Å². The van der Waals surface area contributed by atoms with Gasteiger partial charge in [-0.3, -0.25) is 14.6 Å². The molecule has 0 aliphatic carbocycles. The van der Waals surface area contributed by atoms with E-state index in [-0.39, 0.29) is 34.6 Å². The first-order chi connectivity index (χ1) is 11.8. The second-order valence-electron chi connectivity index (χ2n) is 5.34. The Kier molecular flexibility index (Phi) is 4.98. The summed E-state index contributed by atoms with van der Waals surface area (Å²) >= 11 is 0. The van der Waals surface area contributed by atoms with E-state index in [9.17, 15) is 24.6 Å². The molecule has 128 valence electrons. The van der Waals surface area contributed by atoms with Gasteiger partial charge in [0, 0.05) is 17.2 Å². The van der Waals surface area contributed by atoms with Gasteiger partial charge in [0.15, 0.2) is 6.29 Å². The number of benzene rings is 1. The van der Waals surface area contributed by atoms with Gasteiger partial charge in [-0.1, -0.05) is 6.07 Å². The van der Waals surface area contributed by atoms with E-state index in [2.05, 4.69) is 4.99 Å². The third-order valence-electron chi connectivity index (χ3n) is 3.97. The fourth-order valence-corrected chi connectivity index (χ4v) is 2.91. The number of carboxylic acid groups (broad SMARTS) is 2. The van der Waals surface area contributed by atoms with Gasteiger partial charge >= 0.3 is 11.9 Å². The van der Waals surface area contributed by atoms with Crippen LogP contribution < -0.4 is 4.74 Å². The molecule has 8 heteroatoms. The van der Waals surface area contributed by atoms with Gasteiger partial charge in [-0.2, -0.15) is 5.26 Å². The number of aliphatic imine (C=N–C) groups is 1. The van der Waals surface area contributed by atoms with Crippen molar-refractivity contribution in [1.82, 2.24) is 0 Å². The lowest BCUT2D eigenvalue weighted by Gasteiger charge is -2.30. The largest absolute Gasteiger partial charge is 0.496 e. The van der Waals surface area contributed by atoms with E-state index in [1.54, 1.807) is 0 Å². The maximum absolute atomic E-state index is 11.8. The number of hydrogen-bond acceptors (Lipinski definition) is 6. The number of rotatable bonds is 5. The van der Waals surface area contributed by atoms with Crippen molar-refractivity contribution in [3.63, 3.8) is 0 Å². The summed E-state index contributed by atoms with van der Waals surface area (Å²) in [5.74, 6) is -5.02. The van der Waals surface area contributed by atoms with E-state index >= 15 is 0 Å². The fraction of sp³-hybridized carbons (Fsp3) is 0.235. The zero-order valence-electron chi connectivity index (χ0n) is 13.4. The van der Waals surface area contributed by atoms with Gasteiger partial charge < -0.3 is 14.9 Å². The normalized spacial score (nSPS) is 19.6. The number of carbonyl (C=O) groups is 3. The summed E-state index contributed by atoms with van der Waals surface area (Å²) in [6, 6.07) is 6.17. The number of carboxylic acids is 2. The lowest BCUT2D eigenvalue weighted by atomic mass is 9.75. The Morgan fingerprint density at radius 3 is 2.52 bits per heavy atom. The zero-order valence-corrected chi connectivity index (χ0v) is 13.4. The first kappa shape index (κ1) is 17.9. The highest BCUT2D eigenvalue weighted by Gasteiger charge is 2.43. The number of aldehydes is 1. The van der Waals surface area contributed by atoms with Crippen LogP contribution in [0.2, 0.25) is 0 Å². The molecule has 0 radical (unpaired) electrons. The second-order valence-corrected chi connectivity index (χ2v) is 5.34. The molecular weight excluding hydrogens is 328 g/mol. The monoisotopic (exact) mass is 342 g/mol. The van der Waals surface area contributed by atoms with Crippen LogP contribution in [0.5, 0.6) is 5.75 Å². The number of allylic oxidation sites excluding steroid dienone is 1. The molecule has 1 aromatic carbocycles. The van der Waals surface area contributed by atoms with Gasteiger partial charge in [0.05, 0.1) is 24.3 Å². The summed E-state index contributed by atoms with van der Waals surface area (Å²) in [4.78, 5) is 38.6. The summed E-state index contributed by atoms with van der Waals surface area (Å²) in [5, 5.41) is 28.1. The van der Waals surface area contributed by atoms with E-state index in [1.807, 2.05) is 6.07 Å². The minimum Gasteiger partial charge on any atom is -0.496 e. The van der Waals surface area contributed by atoms with E-state index in [0.717, 1.165) is 0 Å². The number of nitrogens with zero attached hydrogens (tertiary/aromatic N) is 2. The lowest BCUT2D eigenvalue weighted by molar-refractivity contribution is -0.140. The van der Waals surface area contributed by atoms with Crippen LogP contribution in [0, 0.1) is 17.2 Å². The predicted molar refractivity (Wildman–Crippen MR) is 85.4 cm³/mol. The summed E-state index contributed by atoms with van der Waals surface area (Å²) in [7, 11) is 1.32. The average molecular weight is 342 g/mol. The summed E-state index contributed by atoms with van der Waals surface area (Å²) < 4.78 is 5.21. The number of carbonyl (C=O) groups excluding carboxylic acids is 1. The fourth-order valence-electron chi connectivity index (χ4n) is 2.91. The van der Waals surface area contributed by atoms with Gasteiger partial charge in [-0.15, -0.1) is 0 Å². The highest BCUT2D eigenvalue weighted by molar-refractivity contribution is 6.09. The second kappa shape index (κ2) is 6.97. The quantitative estimate of drug-likeness (QED) is 0.771. The lowest BCUT2D eigenvalue weighted by Crippen LogP contribution is -2.35. The molecule has 2 rings (SSSR count). The molecule has 0 fully saturated rings. The molecule has 0 spiro atoms. The third-order valence-corrected chi connectivity index (χ3v) is 3.97. The molecule has 0 saturated carbocycles. The highest BCUT2D eigenvalue weighted by Crippen LogP contribution is 2.42.